The minimum atomic E-state index is -3.72. The molecule has 108 valence electrons. The summed E-state index contributed by atoms with van der Waals surface area (Å²) in [5.41, 5.74) is 1.84. The molecule has 0 saturated carbocycles. The number of hydrogen-bond acceptors (Lipinski definition) is 4. The van der Waals surface area contributed by atoms with E-state index in [0.717, 1.165) is 5.56 Å². The summed E-state index contributed by atoms with van der Waals surface area (Å²) in [5, 5.41) is 0.647. The molecule has 3 rings (SSSR count). The number of fused-ring (bicyclic) bond motifs is 1. The van der Waals surface area contributed by atoms with Crippen LogP contribution in [0.2, 0.25) is 5.28 Å². The predicted molar refractivity (Wildman–Crippen MR) is 81.0 cm³/mol. The first-order valence-corrected chi connectivity index (χ1v) is 8.04. The van der Waals surface area contributed by atoms with Gasteiger partial charge in [0.05, 0.1) is 4.90 Å². The highest BCUT2D eigenvalue weighted by molar-refractivity contribution is 7.90. The molecule has 3 aromatic rings. The zero-order chi connectivity index (χ0) is 15.2. The van der Waals surface area contributed by atoms with Crippen molar-refractivity contribution in [2.24, 2.45) is 0 Å². The molecular formula is C14H12ClN3O2S. The highest BCUT2D eigenvalue weighted by atomic mass is 35.5. The first kappa shape index (κ1) is 14.0. The summed E-state index contributed by atoms with van der Waals surface area (Å²) < 4.78 is 26.8. The lowest BCUT2D eigenvalue weighted by Gasteiger charge is -2.09. The molecular weight excluding hydrogens is 310 g/mol. The van der Waals surface area contributed by atoms with Crippen LogP contribution in [0.15, 0.2) is 41.4 Å². The van der Waals surface area contributed by atoms with Crippen molar-refractivity contribution in [3.05, 3.63) is 53.1 Å². The molecule has 0 N–H and O–H groups in total. The Hall–Kier alpha value is -1.92. The Balaban J connectivity index is 2.30. The molecule has 0 aliphatic carbocycles. The van der Waals surface area contributed by atoms with E-state index in [2.05, 4.69) is 9.97 Å². The van der Waals surface area contributed by atoms with Crippen LogP contribution < -0.4 is 0 Å². The Morgan fingerprint density at radius 2 is 1.81 bits per heavy atom. The third-order valence-corrected chi connectivity index (χ3v) is 5.19. The maximum Gasteiger partial charge on any atom is 0.269 e. The van der Waals surface area contributed by atoms with Crippen LogP contribution in [0.3, 0.4) is 0 Å². The summed E-state index contributed by atoms with van der Waals surface area (Å²) in [6.07, 6.45) is 1.51. The summed E-state index contributed by atoms with van der Waals surface area (Å²) in [4.78, 5) is 8.13. The van der Waals surface area contributed by atoms with Crippen LogP contribution in [0, 0.1) is 13.8 Å². The molecule has 2 heterocycles. The number of hydrogen-bond donors (Lipinski definition) is 0. The van der Waals surface area contributed by atoms with E-state index in [1.54, 1.807) is 37.3 Å². The minimum absolute atomic E-state index is 0.0148. The van der Waals surface area contributed by atoms with Gasteiger partial charge in [0.25, 0.3) is 10.0 Å². The lowest BCUT2D eigenvalue weighted by molar-refractivity contribution is 0.587. The van der Waals surface area contributed by atoms with Gasteiger partial charge in [-0.15, -0.1) is 0 Å². The smallest absolute Gasteiger partial charge is 0.226 e. The molecule has 0 fully saturated rings. The van der Waals surface area contributed by atoms with Crippen molar-refractivity contribution in [3.63, 3.8) is 0 Å². The number of rotatable bonds is 2. The Kier molecular flexibility index (Phi) is 3.22. The Bertz CT molecular complexity index is 931. The lowest BCUT2D eigenvalue weighted by Crippen LogP contribution is -2.15. The minimum Gasteiger partial charge on any atom is -0.226 e. The maximum absolute atomic E-state index is 12.8. The average molecular weight is 322 g/mol. The van der Waals surface area contributed by atoms with Crippen molar-refractivity contribution >= 4 is 32.7 Å². The third kappa shape index (κ3) is 2.30. The highest BCUT2D eigenvalue weighted by Crippen LogP contribution is 2.24. The lowest BCUT2D eigenvalue weighted by atomic mass is 10.2. The molecule has 0 saturated heterocycles. The molecule has 0 aliphatic heterocycles. The molecule has 0 unspecified atom stereocenters. The van der Waals surface area contributed by atoms with E-state index in [-0.39, 0.29) is 15.8 Å². The average Bonchev–Trinajstić information content (AvgIpc) is 2.75. The molecule has 5 nitrogen and oxygen atoms in total. The number of nitrogens with zero attached hydrogens (tertiary/aromatic N) is 3. The number of aryl methyl sites for hydroxylation is 2. The number of benzene rings is 1. The van der Waals surface area contributed by atoms with E-state index >= 15 is 0 Å². The fraction of sp³-hybridized carbons (Fsp3) is 0.143. The molecule has 0 bridgehead atoms. The van der Waals surface area contributed by atoms with Gasteiger partial charge >= 0.3 is 0 Å². The van der Waals surface area contributed by atoms with E-state index in [1.807, 2.05) is 6.92 Å². The standard InChI is InChI=1S/C14H12ClN3O2S/c1-9-3-5-12(6-4-9)21(19,20)18-10(2)7-11-8-16-14(15)17-13(11)18/h3-8H,1-2H3. The van der Waals surface area contributed by atoms with Gasteiger partial charge in [0.2, 0.25) is 5.28 Å². The molecule has 1 aromatic carbocycles. The number of aromatic nitrogens is 3. The van der Waals surface area contributed by atoms with Gasteiger partial charge < -0.3 is 0 Å². The van der Waals surface area contributed by atoms with Gasteiger partial charge in [0.1, 0.15) is 0 Å². The summed E-state index contributed by atoms with van der Waals surface area (Å²) in [5.74, 6) is 0. The second kappa shape index (κ2) is 4.82. The fourth-order valence-corrected chi connectivity index (χ4v) is 3.82. The molecule has 21 heavy (non-hydrogen) atoms. The SMILES string of the molecule is Cc1ccc(S(=O)(=O)n2c(C)cc3cnc(Cl)nc32)cc1. The molecule has 7 heteroatoms. The second-order valence-corrected chi connectivity index (χ2v) is 6.91. The first-order chi connectivity index (χ1) is 9.89. The van der Waals surface area contributed by atoms with E-state index in [9.17, 15) is 8.42 Å². The van der Waals surface area contributed by atoms with Crippen molar-refractivity contribution in [2.45, 2.75) is 18.7 Å². The normalized spacial score (nSPS) is 12.0. The third-order valence-electron chi connectivity index (χ3n) is 3.20. The van der Waals surface area contributed by atoms with Gasteiger partial charge in [-0.25, -0.2) is 17.4 Å². The quantitative estimate of drug-likeness (QED) is 0.681. The van der Waals surface area contributed by atoms with Gasteiger partial charge in [-0.1, -0.05) is 17.7 Å². The van der Waals surface area contributed by atoms with Crippen LogP contribution >= 0.6 is 11.6 Å². The highest BCUT2D eigenvalue weighted by Gasteiger charge is 2.22. The Morgan fingerprint density at radius 1 is 1.14 bits per heavy atom. The van der Waals surface area contributed by atoms with Crippen LogP contribution in [0.25, 0.3) is 11.0 Å². The van der Waals surface area contributed by atoms with Gasteiger partial charge in [0, 0.05) is 17.3 Å². The van der Waals surface area contributed by atoms with Crippen molar-refractivity contribution in [3.8, 4) is 0 Å². The largest absolute Gasteiger partial charge is 0.269 e. The zero-order valence-corrected chi connectivity index (χ0v) is 13.0. The van der Waals surface area contributed by atoms with E-state index in [4.69, 9.17) is 11.6 Å². The van der Waals surface area contributed by atoms with Crippen molar-refractivity contribution < 1.29 is 8.42 Å². The molecule has 2 aromatic heterocycles. The van der Waals surface area contributed by atoms with E-state index < -0.39 is 10.0 Å². The van der Waals surface area contributed by atoms with Crippen LogP contribution in [0.4, 0.5) is 0 Å². The molecule has 0 radical (unpaired) electrons. The molecule has 0 atom stereocenters. The van der Waals surface area contributed by atoms with Gasteiger partial charge in [0.15, 0.2) is 5.65 Å². The van der Waals surface area contributed by atoms with Crippen LogP contribution in [-0.2, 0) is 10.0 Å². The molecule has 0 amide bonds. The number of halogens is 1. The van der Waals surface area contributed by atoms with E-state index in [0.29, 0.717) is 11.1 Å². The summed E-state index contributed by atoms with van der Waals surface area (Å²) in [6, 6.07) is 8.40. The molecule has 0 aliphatic rings. The van der Waals surface area contributed by atoms with Crippen LogP contribution in [0.1, 0.15) is 11.3 Å². The second-order valence-electron chi connectivity index (χ2n) is 4.79. The monoisotopic (exact) mass is 321 g/mol. The van der Waals surface area contributed by atoms with Crippen molar-refractivity contribution in [1.29, 1.82) is 0 Å². The van der Waals surface area contributed by atoms with Crippen molar-refractivity contribution in [2.75, 3.05) is 0 Å². The van der Waals surface area contributed by atoms with Gasteiger partial charge in [-0.2, -0.15) is 4.98 Å². The van der Waals surface area contributed by atoms with E-state index in [1.165, 1.54) is 10.2 Å². The summed E-state index contributed by atoms with van der Waals surface area (Å²) >= 11 is 5.79. The van der Waals surface area contributed by atoms with Gasteiger partial charge in [-0.05, 0) is 43.6 Å². The summed E-state index contributed by atoms with van der Waals surface area (Å²) in [6.45, 7) is 3.61. The van der Waals surface area contributed by atoms with Crippen LogP contribution in [-0.4, -0.2) is 22.4 Å². The van der Waals surface area contributed by atoms with Crippen molar-refractivity contribution in [1.82, 2.24) is 13.9 Å². The Labute approximate surface area is 127 Å². The topological polar surface area (TPSA) is 64.8 Å². The van der Waals surface area contributed by atoms with Crippen LogP contribution in [0.5, 0.6) is 0 Å². The molecule has 0 spiro atoms. The maximum atomic E-state index is 12.8. The first-order valence-electron chi connectivity index (χ1n) is 6.22. The zero-order valence-electron chi connectivity index (χ0n) is 11.4. The summed E-state index contributed by atoms with van der Waals surface area (Å²) in [7, 11) is -3.72. The predicted octanol–water partition coefficient (Wildman–Crippen LogP) is 2.94. The van der Waals surface area contributed by atoms with Gasteiger partial charge in [-0.3, -0.25) is 0 Å². The Morgan fingerprint density at radius 3 is 2.48 bits per heavy atom. The fourth-order valence-electron chi connectivity index (χ4n) is 2.20.